The Morgan fingerprint density at radius 1 is 0.912 bits per heavy atom. The Morgan fingerprint density at radius 2 is 1.71 bits per heavy atom. The molecule has 1 fully saturated rings. The number of anilines is 1. The van der Waals surface area contributed by atoms with Crippen LogP contribution in [0.3, 0.4) is 0 Å². The van der Waals surface area contributed by atoms with Crippen molar-refractivity contribution in [2.75, 3.05) is 12.0 Å². The van der Waals surface area contributed by atoms with Crippen LogP contribution < -0.4 is 15.0 Å². The second-order valence-corrected chi connectivity index (χ2v) is 9.09. The number of pyridine rings is 1. The molecule has 1 aliphatic heterocycles. The zero-order chi connectivity index (χ0) is 23.8. The molecule has 4 aromatic rings. The summed E-state index contributed by atoms with van der Waals surface area (Å²) in [5.74, 6) is 0.836. The van der Waals surface area contributed by atoms with Gasteiger partial charge < -0.3 is 19.5 Å². The van der Waals surface area contributed by atoms with Gasteiger partial charge in [0.1, 0.15) is 5.75 Å². The summed E-state index contributed by atoms with van der Waals surface area (Å²) in [6, 6.07) is 24.8. The highest BCUT2D eigenvalue weighted by Crippen LogP contribution is 2.43. The maximum absolute atomic E-state index is 5.89. The lowest BCUT2D eigenvalue weighted by Gasteiger charge is -2.28. The summed E-state index contributed by atoms with van der Waals surface area (Å²) >= 11 is 5.89. The van der Waals surface area contributed by atoms with Gasteiger partial charge in [-0.3, -0.25) is 4.98 Å². The van der Waals surface area contributed by atoms with Crippen LogP contribution in [0.2, 0.25) is 0 Å². The molecule has 2 atom stereocenters. The molecule has 0 saturated carbocycles. The van der Waals surface area contributed by atoms with Gasteiger partial charge in [-0.2, -0.15) is 0 Å². The smallest absolute Gasteiger partial charge is 0.174 e. The summed E-state index contributed by atoms with van der Waals surface area (Å²) in [6.07, 6.45) is 1.84. The van der Waals surface area contributed by atoms with Crippen LogP contribution in [0.15, 0.2) is 79.0 Å². The van der Waals surface area contributed by atoms with Crippen molar-refractivity contribution in [3.63, 3.8) is 0 Å². The third-order valence-corrected chi connectivity index (χ3v) is 6.79. The van der Waals surface area contributed by atoms with E-state index in [4.69, 9.17) is 17.0 Å². The average Bonchev–Trinajstić information content (AvgIpc) is 3.34. The van der Waals surface area contributed by atoms with Crippen LogP contribution in [-0.4, -0.2) is 21.8 Å². The topological polar surface area (TPSA) is 42.3 Å². The molecule has 1 saturated heterocycles. The summed E-state index contributed by atoms with van der Waals surface area (Å²) in [5.41, 5.74) is 7.85. The van der Waals surface area contributed by atoms with Crippen LogP contribution in [0.4, 0.5) is 5.69 Å². The van der Waals surface area contributed by atoms with E-state index in [-0.39, 0.29) is 12.1 Å². The minimum atomic E-state index is -0.0755. The monoisotopic (exact) mass is 468 g/mol. The molecule has 2 aromatic carbocycles. The van der Waals surface area contributed by atoms with Crippen molar-refractivity contribution in [3.05, 3.63) is 107 Å². The first-order valence-corrected chi connectivity index (χ1v) is 11.8. The Morgan fingerprint density at radius 3 is 2.44 bits per heavy atom. The largest absolute Gasteiger partial charge is 0.497 e. The van der Waals surface area contributed by atoms with Gasteiger partial charge in [-0.25, -0.2) is 0 Å². The molecule has 2 aromatic heterocycles. The maximum atomic E-state index is 5.89. The van der Waals surface area contributed by atoms with E-state index in [0.29, 0.717) is 5.11 Å². The number of aryl methyl sites for hydroxylation is 2. The highest BCUT2D eigenvalue weighted by molar-refractivity contribution is 7.80. The Labute approximate surface area is 206 Å². The zero-order valence-corrected chi connectivity index (χ0v) is 20.6. The van der Waals surface area contributed by atoms with E-state index >= 15 is 0 Å². The predicted molar refractivity (Wildman–Crippen MR) is 141 cm³/mol. The van der Waals surface area contributed by atoms with Gasteiger partial charge in [0.15, 0.2) is 5.11 Å². The second kappa shape index (κ2) is 8.95. The molecular formula is C28H28N4OS. The van der Waals surface area contributed by atoms with Crippen molar-refractivity contribution in [2.24, 2.45) is 0 Å². The lowest BCUT2D eigenvalue weighted by Crippen LogP contribution is -2.29. The Kier molecular flexibility index (Phi) is 5.84. The van der Waals surface area contributed by atoms with E-state index in [2.05, 4.69) is 89.1 Å². The van der Waals surface area contributed by atoms with Crippen molar-refractivity contribution in [1.29, 1.82) is 0 Å². The van der Waals surface area contributed by atoms with Crippen LogP contribution >= 0.6 is 12.2 Å². The molecule has 0 amide bonds. The normalized spacial score (nSPS) is 17.6. The Hall–Kier alpha value is -3.64. The number of rotatable bonds is 5. The van der Waals surface area contributed by atoms with E-state index in [9.17, 15) is 0 Å². The van der Waals surface area contributed by atoms with E-state index in [1.165, 1.54) is 16.8 Å². The number of nitrogens with zero attached hydrogens (tertiary/aromatic N) is 3. The molecule has 0 aliphatic carbocycles. The molecule has 172 valence electrons. The maximum Gasteiger partial charge on any atom is 0.174 e. The van der Waals surface area contributed by atoms with Crippen molar-refractivity contribution >= 4 is 23.0 Å². The molecule has 0 radical (unpaired) electrons. The van der Waals surface area contributed by atoms with Crippen molar-refractivity contribution in [3.8, 4) is 11.4 Å². The van der Waals surface area contributed by atoms with Gasteiger partial charge in [-0.15, -0.1) is 0 Å². The fourth-order valence-corrected chi connectivity index (χ4v) is 5.31. The fourth-order valence-electron chi connectivity index (χ4n) is 4.96. The van der Waals surface area contributed by atoms with Crippen molar-refractivity contribution in [2.45, 2.75) is 32.9 Å². The lowest BCUT2D eigenvalue weighted by atomic mass is 9.96. The second-order valence-electron chi connectivity index (χ2n) is 8.70. The van der Waals surface area contributed by atoms with Crippen molar-refractivity contribution < 1.29 is 4.74 Å². The van der Waals surface area contributed by atoms with E-state index in [1.807, 2.05) is 30.5 Å². The van der Waals surface area contributed by atoms with Crippen LogP contribution in [-0.2, 0) is 0 Å². The molecule has 3 heterocycles. The summed E-state index contributed by atoms with van der Waals surface area (Å²) in [6.45, 7) is 6.42. The first-order chi connectivity index (χ1) is 16.5. The summed E-state index contributed by atoms with van der Waals surface area (Å²) < 4.78 is 7.76. The molecule has 0 unspecified atom stereocenters. The van der Waals surface area contributed by atoms with Gasteiger partial charge in [0.2, 0.25) is 0 Å². The van der Waals surface area contributed by atoms with Crippen molar-refractivity contribution in [1.82, 2.24) is 14.9 Å². The number of benzene rings is 2. The van der Waals surface area contributed by atoms with Gasteiger partial charge in [0.25, 0.3) is 0 Å². The summed E-state index contributed by atoms with van der Waals surface area (Å²) in [5, 5.41) is 4.27. The predicted octanol–water partition coefficient (Wildman–Crippen LogP) is 5.98. The first-order valence-electron chi connectivity index (χ1n) is 11.4. The van der Waals surface area contributed by atoms with Crippen LogP contribution in [0.5, 0.6) is 5.75 Å². The van der Waals surface area contributed by atoms with E-state index < -0.39 is 0 Å². The standard InChI is InChI=1S/C28H28N4OS/c1-18-9-7-10-21(15-18)32-27(26(30-28(32)34)25-13-5-6-14-29-25)24-16-19(2)31(20(24)3)22-11-8-12-23(17-22)33-4/h5-17,26-27H,1-4H3,(H,30,34)/t26-,27-/m0/s1. The SMILES string of the molecule is COc1cccc(-n2c(C)cc([C@H]3[C@H](c4ccccn4)NC(=S)N3c3cccc(C)c3)c2C)c1. The Bertz CT molecular complexity index is 1350. The fraction of sp³-hybridized carbons (Fsp3) is 0.214. The minimum Gasteiger partial charge on any atom is -0.497 e. The third-order valence-electron chi connectivity index (χ3n) is 6.48. The van der Waals surface area contributed by atoms with Gasteiger partial charge in [0, 0.05) is 35.0 Å². The van der Waals surface area contributed by atoms with Crippen LogP contribution in [0, 0.1) is 20.8 Å². The molecule has 5 rings (SSSR count). The summed E-state index contributed by atoms with van der Waals surface area (Å²) in [4.78, 5) is 6.92. The van der Waals surface area contributed by atoms with Gasteiger partial charge in [-0.1, -0.05) is 24.3 Å². The number of aromatic nitrogens is 2. The van der Waals surface area contributed by atoms with Crippen LogP contribution in [0.1, 0.15) is 40.3 Å². The number of hydrogen-bond donors (Lipinski definition) is 1. The number of methoxy groups -OCH3 is 1. The molecule has 1 N–H and O–H groups in total. The lowest BCUT2D eigenvalue weighted by molar-refractivity contribution is 0.414. The highest BCUT2D eigenvalue weighted by Gasteiger charge is 2.42. The molecular weight excluding hydrogens is 440 g/mol. The van der Waals surface area contributed by atoms with E-state index in [0.717, 1.165) is 28.5 Å². The summed E-state index contributed by atoms with van der Waals surface area (Å²) in [7, 11) is 1.70. The molecule has 5 nitrogen and oxygen atoms in total. The van der Waals surface area contributed by atoms with Crippen LogP contribution in [0.25, 0.3) is 5.69 Å². The third kappa shape index (κ3) is 3.84. The first kappa shape index (κ1) is 22.2. The average molecular weight is 469 g/mol. The van der Waals surface area contributed by atoms with Gasteiger partial charge >= 0.3 is 0 Å². The number of nitrogens with one attached hydrogen (secondary N) is 1. The van der Waals surface area contributed by atoms with Gasteiger partial charge in [-0.05, 0) is 86.6 Å². The minimum absolute atomic E-state index is 0.0465. The molecule has 0 bridgehead atoms. The molecule has 34 heavy (non-hydrogen) atoms. The highest BCUT2D eigenvalue weighted by atomic mass is 32.1. The number of ether oxygens (including phenoxy) is 1. The molecule has 0 spiro atoms. The van der Waals surface area contributed by atoms with Gasteiger partial charge in [0.05, 0.1) is 24.9 Å². The Balaban J connectivity index is 1.68. The molecule has 6 heteroatoms. The quantitative estimate of drug-likeness (QED) is 0.365. The zero-order valence-electron chi connectivity index (χ0n) is 19.8. The number of thiocarbonyl (C=S) groups is 1. The molecule has 1 aliphatic rings. The number of hydrogen-bond acceptors (Lipinski definition) is 3. The van der Waals surface area contributed by atoms with E-state index in [1.54, 1.807) is 7.11 Å².